The summed E-state index contributed by atoms with van der Waals surface area (Å²) in [5.41, 5.74) is 0.729. The van der Waals surface area contributed by atoms with E-state index in [9.17, 15) is 9.18 Å². The molecule has 3 rings (SSSR count). The molecule has 0 atom stereocenters. The number of aromatic nitrogens is 2. The van der Waals surface area contributed by atoms with Gasteiger partial charge in [-0.15, -0.1) is 0 Å². The Hall–Kier alpha value is -3.88. The smallest absolute Gasteiger partial charge is 0.274 e. The molecule has 0 aliphatic heterocycles. The summed E-state index contributed by atoms with van der Waals surface area (Å²) in [4.78, 5) is 20.5. The molecule has 1 aromatic heterocycles. The highest BCUT2D eigenvalue weighted by Crippen LogP contribution is 2.40. The van der Waals surface area contributed by atoms with Crippen LogP contribution in [0.2, 0.25) is 0 Å². The van der Waals surface area contributed by atoms with Gasteiger partial charge in [0.05, 0.1) is 27.0 Å². The van der Waals surface area contributed by atoms with Gasteiger partial charge in [-0.1, -0.05) is 12.1 Å². The zero-order valence-electron chi connectivity index (χ0n) is 16.0. The predicted molar refractivity (Wildman–Crippen MR) is 106 cm³/mol. The minimum atomic E-state index is -0.564. The lowest BCUT2D eigenvalue weighted by atomic mass is 10.2. The van der Waals surface area contributed by atoms with Gasteiger partial charge in [0.2, 0.25) is 5.75 Å². The van der Waals surface area contributed by atoms with E-state index in [-0.39, 0.29) is 11.4 Å². The Bertz CT molecular complexity index is 1000. The van der Waals surface area contributed by atoms with Gasteiger partial charge in [0.15, 0.2) is 11.5 Å². The first-order valence-corrected chi connectivity index (χ1v) is 8.50. The van der Waals surface area contributed by atoms with Crippen LogP contribution in [0, 0.1) is 5.82 Å². The molecule has 8 nitrogen and oxygen atoms in total. The van der Waals surface area contributed by atoms with Crippen LogP contribution in [0.25, 0.3) is 0 Å². The molecule has 2 N–H and O–H groups in total. The molecule has 29 heavy (non-hydrogen) atoms. The first-order valence-electron chi connectivity index (χ1n) is 8.50. The number of benzene rings is 2. The highest BCUT2D eigenvalue weighted by molar-refractivity contribution is 6.03. The summed E-state index contributed by atoms with van der Waals surface area (Å²) in [6, 6.07) is 10.7. The van der Waals surface area contributed by atoms with Crippen LogP contribution < -0.4 is 24.8 Å². The van der Waals surface area contributed by atoms with Crippen LogP contribution in [-0.2, 0) is 0 Å². The van der Waals surface area contributed by atoms with Gasteiger partial charge in [0, 0.05) is 23.9 Å². The van der Waals surface area contributed by atoms with E-state index in [1.54, 1.807) is 18.2 Å². The Morgan fingerprint density at radius 1 is 0.966 bits per heavy atom. The molecule has 0 unspecified atom stereocenters. The summed E-state index contributed by atoms with van der Waals surface area (Å²) in [6.07, 6.45) is 1.23. The minimum absolute atomic E-state index is 0.0650. The van der Waals surface area contributed by atoms with E-state index in [0.717, 1.165) is 0 Å². The summed E-state index contributed by atoms with van der Waals surface area (Å²) in [5, 5.41) is 5.54. The minimum Gasteiger partial charge on any atom is -0.493 e. The van der Waals surface area contributed by atoms with E-state index in [2.05, 4.69) is 20.6 Å². The summed E-state index contributed by atoms with van der Waals surface area (Å²) in [6.45, 7) is 0. The van der Waals surface area contributed by atoms with Crippen molar-refractivity contribution in [3.63, 3.8) is 0 Å². The predicted octanol–water partition coefficient (Wildman–Crippen LogP) is 3.64. The third-order valence-electron chi connectivity index (χ3n) is 3.96. The molecule has 0 aliphatic carbocycles. The fourth-order valence-electron chi connectivity index (χ4n) is 2.60. The number of nitrogens with zero attached hydrogens (tertiary/aromatic N) is 2. The maximum atomic E-state index is 13.7. The Labute approximate surface area is 166 Å². The quantitative estimate of drug-likeness (QED) is 0.627. The molecule has 3 aromatic rings. The van der Waals surface area contributed by atoms with Crippen LogP contribution in [0.3, 0.4) is 0 Å². The van der Waals surface area contributed by atoms with Gasteiger partial charge in [0.1, 0.15) is 23.7 Å². The number of rotatable bonds is 7. The normalized spacial score (nSPS) is 10.2. The van der Waals surface area contributed by atoms with Gasteiger partial charge in [-0.25, -0.2) is 14.4 Å². The Morgan fingerprint density at radius 3 is 2.28 bits per heavy atom. The van der Waals surface area contributed by atoms with Crippen molar-refractivity contribution in [2.24, 2.45) is 0 Å². The first-order chi connectivity index (χ1) is 14.0. The number of para-hydroxylation sites is 1. The second-order valence-corrected chi connectivity index (χ2v) is 5.76. The van der Waals surface area contributed by atoms with Crippen molar-refractivity contribution in [2.75, 3.05) is 32.0 Å². The summed E-state index contributed by atoms with van der Waals surface area (Å²) in [5.74, 6) is 0.624. The highest BCUT2D eigenvalue weighted by atomic mass is 19.1. The Balaban J connectivity index is 1.83. The molecule has 2 aromatic carbocycles. The number of hydrogen-bond donors (Lipinski definition) is 2. The zero-order valence-corrected chi connectivity index (χ0v) is 16.0. The second kappa shape index (κ2) is 8.87. The third-order valence-corrected chi connectivity index (χ3v) is 3.96. The van der Waals surface area contributed by atoms with E-state index in [1.807, 2.05) is 0 Å². The van der Waals surface area contributed by atoms with Gasteiger partial charge in [0.25, 0.3) is 5.91 Å². The van der Waals surface area contributed by atoms with Crippen LogP contribution in [0.5, 0.6) is 17.2 Å². The fourth-order valence-corrected chi connectivity index (χ4v) is 2.60. The van der Waals surface area contributed by atoms with Crippen LogP contribution in [-0.4, -0.2) is 37.2 Å². The monoisotopic (exact) mass is 398 g/mol. The molecule has 0 spiro atoms. The van der Waals surface area contributed by atoms with Crippen LogP contribution >= 0.6 is 0 Å². The summed E-state index contributed by atoms with van der Waals surface area (Å²) >= 11 is 0. The summed E-state index contributed by atoms with van der Waals surface area (Å²) < 4.78 is 29.7. The number of halogens is 1. The van der Waals surface area contributed by atoms with Crippen LogP contribution in [0.1, 0.15) is 10.5 Å². The number of nitrogens with one attached hydrogen (secondary N) is 2. The van der Waals surface area contributed by atoms with Crippen molar-refractivity contribution >= 4 is 23.1 Å². The topological polar surface area (TPSA) is 94.6 Å². The van der Waals surface area contributed by atoms with E-state index in [0.29, 0.717) is 28.8 Å². The number of methoxy groups -OCH3 is 3. The molecule has 9 heteroatoms. The summed E-state index contributed by atoms with van der Waals surface area (Å²) in [7, 11) is 4.53. The lowest BCUT2D eigenvalue weighted by Crippen LogP contribution is -2.15. The lowest BCUT2D eigenvalue weighted by molar-refractivity contribution is 0.102. The van der Waals surface area contributed by atoms with Crippen LogP contribution in [0.15, 0.2) is 48.8 Å². The Morgan fingerprint density at radius 2 is 1.66 bits per heavy atom. The van der Waals surface area contributed by atoms with E-state index < -0.39 is 11.7 Å². The largest absolute Gasteiger partial charge is 0.493 e. The number of amides is 1. The fraction of sp³-hybridized carbons (Fsp3) is 0.150. The van der Waals surface area contributed by atoms with Crippen molar-refractivity contribution in [1.82, 2.24) is 9.97 Å². The van der Waals surface area contributed by atoms with Gasteiger partial charge in [-0.2, -0.15) is 0 Å². The molecular weight excluding hydrogens is 379 g/mol. The molecule has 0 fully saturated rings. The third kappa shape index (κ3) is 4.52. The number of ether oxygens (including phenoxy) is 3. The molecule has 1 amide bonds. The second-order valence-electron chi connectivity index (χ2n) is 5.76. The molecule has 0 saturated heterocycles. The lowest BCUT2D eigenvalue weighted by Gasteiger charge is -2.15. The van der Waals surface area contributed by atoms with Crippen LogP contribution in [0.4, 0.5) is 21.6 Å². The zero-order chi connectivity index (χ0) is 20.8. The highest BCUT2D eigenvalue weighted by Gasteiger charge is 2.15. The van der Waals surface area contributed by atoms with Crippen molar-refractivity contribution in [3.05, 3.63) is 60.3 Å². The number of carbonyl (C=O) groups is 1. The van der Waals surface area contributed by atoms with E-state index in [1.165, 1.54) is 51.9 Å². The maximum Gasteiger partial charge on any atom is 0.274 e. The molecule has 0 radical (unpaired) electrons. The van der Waals surface area contributed by atoms with Gasteiger partial charge in [-0.3, -0.25) is 4.79 Å². The molecule has 150 valence electrons. The molecule has 0 aliphatic rings. The number of carbonyl (C=O) groups excluding carboxylic acids is 1. The van der Waals surface area contributed by atoms with Gasteiger partial charge in [-0.05, 0) is 12.1 Å². The van der Waals surface area contributed by atoms with Gasteiger partial charge < -0.3 is 24.8 Å². The van der Waals surface area contributed by atoms with E-state index >= 15 is 0 Å². The average molecular weight is 398 g/mol. The molecule has 1 heterocycles. The first kappa shape index (κ1) is 19.9. The molecule has 0 saturated carbocycles. The standard InChI is InChI=1S/C20H19FN4O4/c1-27-16-8-12(9-17(28-2)19(16)29-3)24-18-10-15(22-11-23-18)20(26)25-14-7-5-4-6-13(14)21/h4-11H,1-3H3,(H,25,26)(H,22,23,24). The number of hydrogen-bond acceptors (Lipinski definition) is 7. The van der Waals surface area contributed by atoms with Gasteiger partial charge >= 0.3 is 0 Å². The van der Waals surface area contributed by atoms with E-state index in [4.69, 9.17) is 14.2 Å². The maximum absolute atomic E-state index is 13.7. The molecular formula is C20H19FN4O4. The van der Waals surface area contributed by atoms with Crippen molar-refractivity contribution in [3.8, 4) is 17.2 Å². The SMILES string of the molecule is COc1cc(Nc2cc(C(=O)Nc3ccccc3F)ncn2)cc(OC)c1OC. The molecule has 0 bridgehead atoms. The van der Waals surface area contributed by atoms with Crippen molar-refractivity contribution in [1.29, 1.82) is 0 Å². The van der Waals surface area contributed by atoms with Crippen molar-refractivity contribution in [2.45, 2.75) is 0 Å². The number of anilines is 3. The van der Waals surface area contributed by atoms with Crippen molar-refractivity contribution < 1.29 is 23.4 Å². The average Bonchev–Trinajstić information content (AvgIpc) is 2.74. The Kier molecular flexibility index (Phi) is 6.08.